The minimum absolute atomic E-state index is 0.376. The summed E-state index contributed by atoms with van der Waals surface area (Å²) in [4.78, 5) is 20.2. The number of hydrogen-bond acceptors (Lipinski definition) is 7. The third-order valence-electron chi connectivity index (χ3n) is 5.28. The number of rotatable bonds is 6. The first kappa shape index (κ1) is 25.4. The monoisotopic (exact) mass is 529 g/mol. The Balaban J connectivity index is 0.000000454. The highest BCUT2D eigenvalue weighted by Gasteiger charge is 2.25. The van der Waals surface area contributed by atoms with Gasteiger partial charge in [0.25, 0.3) is 0 Å². The van der Waals surface area contributed by atoms with E-state index in [1.165, 1.54) is 12.1 Å². The number of hydrogen-bond donors (Lipinski definition) is 2. The van der Waals surface area contributed by atoms with Gasteiger partial charge >= 0.3 is 6.18 Å². The number of anilines is 3. The van der Waals surface area contributed by atoms with Crippen LogP contribution in [-0.4, -0.2) is 61.3 Å². The molecule has 180 valence electrons. The van der Waals surface area contributed by atoms with E-state index < -0.39 is 12.5 Å². The molecule has 0 saturated carbocycles. The average Bonchev–Trinajstić information content (AvgIpc) is 3.34. The number of aryl methyl sites for hydroxylation is 1. The summed E-state index contributed by atoms with van der Waals surface area (Å²) in [5, 5.41) is 6.71. The zero-order valence-corrected chi connectivity index (χ0v) is 19.7. The fourth-order valence-electron chi connectivity index (χ4n) is 3.62. The summed E-state index contributed by atoms with van der Waals surface area (Å²) in [6, 6.07) is 8.50. The number of nitrogens with zero attached hydrogens (tertiary/aromatic N) is 3. The molecule has 1 aromatic heterocycles. The van der Waals surface area contributed by atoms with Crippen molar-refractivity contribution in [2.75, 3.05) is 43.0 Å². The van der Waals surface area contributed by atoms with E-state index in [9.17, 15) is 13.2 Å². The molecule has 0 amide bonds. The number of aldehydes is 1. The van der Waals surface area contributed by atoms with Crippen LogP contribution in [0.2, 0.25) is 0 Å². The molecule has 33 heavy (non-hydrogen) atoms. The van der Waals surface area contributed by atoms with Gasteiger partial charge in [-0.3, -0.25) is 4.79 Å². The Morgan fingerprint density at radius 3 is 2.55 bits per heavy atom. The molecule has 1 aromatic carbocycles. The van der Waals surface area contributed by atoms with Crippen molar-refractivity contribution in [2.24, 2.45) is 0 Å². The van der Waals surface area contributed by atoms with Crippen molar-refractivity contribution in [1.29, 1.82) is 0 Å². The molecule has 2 N–H and O–H groups in total. The van der Waals surface area contributed by atoms with Crippen LogP contribution in [-0.2, 0) is 16.0 Å². The number of nitrogens with one attached hydrogen (secondary N) is 2. The van der Waals surface area contributed by atoms with Crippen LogP contribution in [0, 0.1) is 0 Å². The van der Waals surface area contributed by atoms with Crippen LogP contribution in [0.15, 0.2) is 34.9 Å². The molecule has 2 aliphatic rings. The first-order valence-corrected chi connectivity index (χ1v) is 11.6. The fraction of sp³-hybridized carbons (Fsp3) is 0.500. The molecular weight excluding hydrogens is 503 g/mol. The van der Waals surface area contributed by atoms with Crippen molar-refractivity contribution in [1.82, 2.24) is 15.3 Å². The lowest BCUT2D eigenvalue weighted by atomic mass is 10.1. The number of benzene rings is 1. The van der Waals surface area contributed by atoms with Crippen molar-refractivity contribution >= 4 is 39.5 Å². The van der Waals surface area contributed by atoms with E-state index in [4.69, 9.17) is 14.5 Å². The van der Waals surface area contributed by atoms with Gasteiger partial charge in [-0.1, -0.05) is 0 Å². The van der Waals surface area contributed by atoms with Crippen LogP contribution < -0.4 is 15.5 Å². The largest absolute Gasteiger partial charge is 0.446 e. The quantitative estimate of drug-likeness (QED) is 0.541. The van der Waals surface area contributed by atoms with Crippen LogP contribution in [0.25, 0.3) is 0 Å². The fourth-order valence-corrected chi connectivity index (χ4v) is 4.00. The number of piperazine rings is 1. The maximum Gasteiger partial charge on any atom is 0.446 e. The van der Waals surface area contributed by atoms with Gasteiger partial charge in [0.1, 0.15) is 0 Å². The van der Waals surface area contributed by atoms with Gasteiger partial charge in [0.2, 0.25) is 12.2 Å². The second-order valence-corrected chi connectivity index (χ2v) is 8.58. The zero-order valence-electron chi connectivity index (χ0n) is 18.1. The molecule has 2 fully saturated rings. The van der Waals surface area contributed by atoms with Crippen molar-refractivity contribution in [3.63, 3.8) is 0 Å². The number of alkyl halides is 3. The number of carbonyl (C=O) groups is 1. The third kappa shape index (κ3) is 8.56. The van der Waals surface area contributed by atoms with E-state index in [2.05, 4.69) is 60.7 Å². The van der Waals surface area contributed by atoms with E-state index in [-0.39, 0.29) is 0 Å². The Kier molecular flexibility index (Phi) is 9.45. The van der Waals surface area contributed by atoms with Gasteiger partial charge < -0.3 is 20.3 Å². The molecule has 1 atom stereocenters. The maximum absolute atomic E-state index is 10.4. The predicted molar refractivity (Wildman–Crippen MR) is 124 cm³/mol. The third-order valence-corrected chi connectivity index (χ3v) is 5.95. The number of halogens is 4. The predicted octanol–water partition coefficient (Wildman–Crippen LogP) is 4.25. The van der Waals surface area contributed by atoms with Gasteiger partial charge in [-0.2, -0.15) is 13.2 Å². The lowest BCUT2D eigenvalue weighted by Gasteiger charge is -2.29. The first-order chi connectivity index (χ1) is 15.8. The summed E-state index contributed by atoms with van der Waals surface area (Å²) in [7, 11) is 0. The number of carbonyl (C=O) groups excluding carboxylic acids is 1. The van der Waals surface area contributed by atoms with Crippen molar-refractivity contribution in [3.8, 4) is 0 Å². The van der Waals surface area contributed by atoms with Crippen LogP contribution >= 0.6 is 15.9 Å². The Labute approximate surface area is 199 Å². The molecule has 11 heteroatoms. The highest BCUT2D eigenvalue weighted by molar-refractivity contribution is 9.10. The molecule has 4 rings (SSSR count). The summed E-state index contributed by atoms with van der Waals surface area (Å²) >= 11 is 3.57. The van der Waals surface area contributed by atoms with Crippen LogP contribution in [0.3, 0.4) is 0 Å². The summed E-state index contributed by atoms with van der Waals surface area (Å²) in [6.45, 7) is 5.09. The highest BCUT2D eigenvalue weighted by Crippen LogP contribution is 2.24. The van der Waals surface area contributed by atoms with Crippen LogP contribution in [0.4, 0.5) is 30.5 Å². The molecule has 7 nitrogen and oxygen atoms in total. The van der Waals surface area contributed by atoms with Gasteiger partial charge in [0.15, 0.2) is 0 Å². The summed E-state index contributed by atoms with van der Waals surface area (Å²) in [5.74, 6) is 0.635. The standard InChI is InChI=1S/C20H26BrN5O.C2HF3O/c21-18-14-23-20(25-19(18)8-7-17-2-1-13-27-17)24-15-3-5-16(6-4-15)26-11-9-22-10-12-26;3-2(4,5)1-6/h3-6,14,17,22H,1-2,7-13H2,(H,23,24,25);1H. The molecule has 3 heterocycles. The van der Waals surface area contributed by atoms with Crippen molar-refractivity contribution in [3.05, 3.63) is 40.6 Å². The van der Waals surface area contributed by atoms with Crippen LogP contribution in [0.1, 0.15) is 25.0 Å². The molecule has 0 spiro atoms. The second kappa shape index (κ2) is 12.3. The van der Waals surface area contributed by atoms with Gasteiger partial charge in [0, 0.05) is 50.4 Å². The Morgan fingerprint density at radius 2 is 1.94 bits per heavy atom. The number of aromatic nitrogens is 2. The first-order valence-electron chi connectivity index (χ1n) is 10.8. The van der Waals surface area contributed by atoms with E-state index in [0.29, 0.717) is 12.1 Å². The lowest BCUT2D eigenvalue weighted by Crippen LogP contribution is -2.43. The highest BCUT2D eigenvalue weighted by atomic mass is 79.9. The van der Waals surface area contributed by atoms with Gasteiger partial charge in [-0.15, -0.1) is 0 Å². The molecular formula is C22H27BrF3N5O2. The minimum atomic E-state index is -4.64. The van der Waals surface area contributed by atoms with Crippen molar-refractivity contribution in [2.45, 2.75) is 38.0 Å². The molecule has 0 bridgehead atoms. The molecule has 0 aliphatic carbocycles. The lowest BCUT2D eigenvalue weighted by molar-refractivity contribution is -0.156. The van der Waals surface area contributed by atoms with Crippen LogP contribution in [0.5, 0.6) is 0 Å². The normalized spacial score (nSPS) is 18.4. The van der Waals surface area contributed by atoms with Gasteiger partial charge in [-0.05, 0) is 65.9 Å². The second-order valence-electron chi connectivity index (χ2n) is 7.73. The van der Waals surface area contributed by atoms with Crippen molar-refractivity contribution < 1.29 is 22.7 Å². The SMILES string of the molecule is Brc1cnc(Nc2ccc(N3CCNCC3)cc2)nc1CCC1CCCO1.O=CC(F)(F)F. The Hall–Kier alpha value is -2.24. The number of ether oxygens (including phenoxy) is 1. The molecule has 2 aromatic rings. The van der Waals surface area contributed by atoms with E-state index in [0.717, 1.165) is 67.9 Å². The summed E-state index contributed by atoms with van der Waals surface area (Å²) in [6.07, 6.45) is 0.738. The minimum Gasteiger partial charge on any atom is -0.378 e. The topological polar surface area (TPSA) is 79.4 Å². The van der Waals surface area contributed by atoms with Gasteiger partial charge in [-0.25, -0.2) is 9.97 Å². The van der Waals surface area contributed by atoms with E-state index >= 15 is 0 Å². The Bertz CT molecular complexity index is 887. The Morgan fingerprint density at radius 1 is 1.24 bits per heavy atom. The smallest absolute Gasteiger partial charge is 0.378 e. The average molecular weight is 530 g/mol. The summed E-state index contributed by atoms with van der Waals surface area (Å²) < 4.78 is 37.9. The zero-order chi connectivity index (χ0) is 23.7. The molecule has 1 unspecified atom stereocenters. The molecule has 2 aliphatic heterocycles. The molecule has 0 radical (unpaired) electrons. The van der Waals surface area contributed by atoms with Gasteiger partial charge in [0.05, 0.1) is 16.3 Å². The summed E-state index contributed by atoms with van der Waals surface area (Å²) in [5.41, 5.74) is 3.29. The van der Waals surface area contributed by atoms with E-state index in [1.807, 2.05) is 6.20 Å². The van der Waals surface area contributed by atoms with E-state index in [1.54, 1.807) is 0 Å². The maximum atomic E-state index is 10.4. The molecule has 2 saturated heterocycles.